The topological polar surface area (TPSA) is 35.6 Å². The van der Waals surface area contributed by atoms with Crippen molar-refractivity contribution in [3.05, 3.63) is 142 Å². The average Bonchev–Trinajstić information content (AvgIpc) is 3.69. The fourth-order valence-corrected chi connectivity index (χ4v) is 7.59. The maximum absolute atomic E-state index is 5.41. The minimum absolute atomic E-state index is 0.394. The van der Waals surface area contributed by atoms with E-state index in [4.69, 9.17) is 9.97 Å². The zero-order chi connectivity index (χ0) is 36.8. The maximum atomic E-state index is 5.41. The second-order valence-electron chi connectivity index (χ2n) is 16.0. The van der Waals surface area contributed by atoms with E-state index >= 15 is 0 Å². The lowest BCUT2D eigenvalue weighted by atomic mass is 9.84. The Balaban J connectivity index is 1.45. The van der Waals surface area contributed by atoms with Crippen LogP contribution in [0.5, 0.6) is 0 Å². The molecule has 4 heterocycles. The lowest BCUT2D eigenvalue weighted by Crippen LogP contribution is -2.23. The van der Waals surface area contributed by atoms with Crippen LogP contribution in [-0.4, -0.2) is 19.1 Å². The number of hydrogen-bond acceptors (Lipinski definition) is 2. The van der Waals surface area contributed by atoms with Gasteiger partial charge in [-0.25, -0.2) is 0 Å². The lowest BCUT2D eigenvalue weighted by molar-refractivity contribution is 0.596. The first-order valence-electron chi connectivity index (χ1n) is 18.8. The standard InChI is InChI=1S/C47H56N4/c1-29(2)35-17-13-18-36(30(3)4)45(35)50-33(9)25-27-41(50)39-21-15-23-43(48-39)47(11,12)44-24-16-22-40(49-44)42-28-26-34(10)51(42)46-37(31(5)6)19-14-20-38(46)32(7)8/h13-32H,1-12H3. The molecule has 0 saturated carbocycles. The summed E-state index contributed by atoms with van der Waals surface area (Å²) in [5, 5.41) is 0. The van der Waals surface area contributed by atoms with Gasteiger partial charge in [-0.2, -0.15) is 0 Å². The van der Waals surface area contributed by atoms with Gasteiger partial charge in [0.25, 0.3) is 0 Å². The summed E-state index contributed by atoms with van der Waals surface area (Å²) in [5.41, 5.74) is 16.1. The van der Waals surface area contributed by atoms with Gasteiger partial charge < -0.3 is 9.13 Å². The van der Waals surface area contributed by atoms with Crippen molar-refractivity contribution < 1.29 is 0 Å². The zero-order valence-electron chi connectivity index (χ0n) is 32.8. The molecule has 0 N–H and O–H groups in total. The Bertz CT molecular complexity index is 1960. The van der Waals surface area contributed by atoms with Crippen LogP contribution in [0, 0.1) is 13.8 Å². The van der Waals surface area contributed by atoms with Crippen molar-refractivity contribution in [3.8, 4) is 34.2 Å². The van der Waals surface area contributed by atoms with E-state index in [2.05, 4.69) is 189 Å². The van der Waals surface area contributed by atoms with Gasteiger partial charge in [-0.3, -0.25) is 9.97 Å². The Hall–Kier alpha value is -4.70. The first-order valence-corrected chi connectivity index (χ1v) is 18.8. The number of para-hydroxylation sites is 2. The monoisotopic (exact) mass is 676 g/mol. The summed E-state index contributed by atoms with van der Waals surface area (Å²) in [4.78, 5) is 10.8. The molecule has 0 unspecified atom stereocenters. The van der Waals surface area contributed by atoms with E-state index in [1.807, 2.05) is 0 Å². The van der Waals surface area contributed by atoms with E-state index in [1.165, 1.54) is 45.0 Å². The summed E-state index contributed by atoms with van der Waals surface area (Å²) < 4.78 is 4.86. The van der Waals surface area contributed by atoms with Crippen molar-refractivity contribution in [3.63, 3.8) is 0 Å². The van der Waals surface area contributed by atoms with Gasteiger partial charge in [0.1, 0.15) is 0 Å². The van der Waals surface area contributed by atoms with Crippen LogP contribution in [0.15, 0.2) is 97.1 Å². The molecule has 0 aliphatic carbocycles. The summed E-state index contributed by atoms with van der Waals surface area (Å²) in [7, 11) is 0. The Morgan fingerprint density at radius 3 is 1.06 bits per heavy atom. The van der Waals surface area contributed by atoms with Gasteiger partial charge in [-0.05, 0) is 122 Å². The van der Waals surface area contributed by atoms with Gasteiger partial charge in [0.2, 0.25) is 0 Å². The number of pyridine rings is 2. The number of benzene rings is 2. The van der Waals surface area contributed by atoms with E-state index in [0.29, 0.717) is 23.7 Å². The zero-order valence-corrected chi connectivity index (χ0v) is 32.8. The predicted octanol–water partition coefficient (Wildman–Crippen LogP) is 12.8. The Labute approximate surface area is 306 Å². The quantitative estimate of drug-likeness (QED) is 0.145. The molecule has 6 rings (SSSR count). The van der Waals surface area contributed by atoms with Gasteiger partial charge in [-0.1, -0.05) is 104 Å². The summed E-state index contributed by atoms with van der Waals surface area (Å²) >= 11 is 0. The highest BCUT2D eigenvalue weighted by Crippen LogP contribution is 2.39. The molecule has 0 aliphatic heterocycles. The summed E-state index contributed by atoms with van der Waals surface area (Å²) in [6, 6.07) is 35.3. The number of nitrogens with zero attached hydrogens (tertiary/aromatic N) is 4. The molecule has 0 aliphatic rings. The van der Waals surface area contributed by atoms with E-state index in [1.54, 1.807) is 0 Å². The van der Waals surface area contributed by atoms with Crippen molar-refractivity contribution in [2.24, 2.45) is 0 Å². The van der Waals surface area contributed by atoms with E-state index in [9.17, 15) is 0 Å². The predicted molar refractivity (Wildman–Crippen MR) is 216 cm³/mol. The highest BCUT2D eigenvalue weighted by molar-refractivity contribution is 5.66. The van der Waals surface area contributed by atoms with E-state index in [-0.39, 0.29) is 0 Å². The summed E-state index contributed by atoms with van der Waals surface area (Å²) in [6.07, 6.45) is 0. The molecular formula is C47H56N4. The molecule has 0 bridgehead atoms. The van der Waals surface area contributed by atoms with Crippen LogP contribution in [0.4, 0.5) is 0 Å². The lowest BCUT2D eigenvalue weighted by Gasteiger charge is -2.26. The summed E-state index contributed by atoms with van der Waals surface area (Å²) in [6.45, 7) is 27.2. The van der Waals surface area contributed by atoms with Crippen molar-refractivity contribution >= 4 is 0 Å². The van der Waals surface area contributed by atoms with Gasteiger partial charge in [0.05, 0.1) is 45.5 Å². The highest BCUT2D eigenvalue weighted by atomic mass is 15.0. The Kier molecular flexibility index (Phi) is 10.0. The summed E-state index contributed by atoms with van der Waals surface area (Å²) in [5.74, 6) is 1.58. The van der Waals surface area contributed by atoms with Crippen molar-refractivity contribution in [2.45, 2.75) is 112 Å². The third-order valence-electron chi connectivity index (χ3n) is 10.6. The molecule has 2 aromatic carbocycles. The van der Waals surface area contributed by atoms with Gasteiger partial charge in [0, 0.05) is 16.8 Å². The number of aromatic nitrogens is 4. The molecule has 0 fully saturated rings. The molecule has 51 heavy (non-hydrogen) atoms. The maximum Gasteiger partial charge on any atom is 0.0873 e. The average molecular weight is 677 g/mol. The van der Waals surface area contributed by atoms with E-state index in [0.717, 1.165) is 34.2 Å². The molecule has 0 radical (unpaired) electrons. The molecule has 4 heteroatoms. The van der Waals surface area contributed by atoms with Crippen LogP contribution in [0.25, 0.3) is 34.2 Å². The van der Waals surface area contributed by atoms with Gasteiger partial charge in [0.15, 0.2) is 0 Å². The molecule has 6 aromatic rings. The van der Waals surface area contributed by atoms with Crippen LogP contribution in [0.3, 0.4) is 0 Å². The van der Waals surface area contributed by atoms with Crippen LogP contribution in [0.1, 0.15) is 138 Å². The first kappa shape index (κ1) is 36.1. The molecule has 4 nitrogen and oxygen atoms in total. The van der Waals surface area contributed by atoms with Gasteiger partial charge in [-0.15, -0.1) is 0 Å². The molecule has 264 valence electrons. The third-order valence-corrected chi connectivity index (χ3v) is 10.6. The third kappa shape index (κ3) is 6.62. The Morgan fingerprint density at radius 1 is 0.431 bits per heavy atom. The smallest absolute Gasteiger partial charge is 0.0873 e. The van der Waals surface area contributed by atoms with Crippen LogP contribution >= 0.6 is 0 Å². The second kappa shape index (κ2) is 14.1. The van der Waals surface area contributed by atoms with Crippen molar-refractivity contribution in [2.75, 3.05) is 0 Å². The van der Waals surface area contributed by atoms with E-state index < -0.39 is 5.41 Å². The van der Waals surface area contributed by atoms with Gasteiger partial charge >= 0.3 is 0 Å². The second-order valence-corrected chi connectivity index (χ2v) is 16.0. The molecule has 4 aromatic heterocycles. The fourth-order valence-electron chi connectivity index (χ4n) is 7.59. The first-order chi connectivity index (χ1) is 24.2. The number of rotatable bonds is 10. The van der Waals surface area contributed by atoms with Crippen LogP contribution in [-0.2, 0) is 5.41 Å². The minimum Gasteiger partial charge on any atom is -0.312 e. The minimum atomic E-state index is -0.442. The van der Waals surface area contributed by atoms with Crippen LogP contribution in [0.2, 0.25) is 0 Å². The molecule has 0 saturated heterocycles. The molecule has 0 spiro atoms. The number of hydrogen-bond donors (Lipinski definition) is 0. The largest absolute Gasteiger partial charge is 0.312 e. The number of aryl methyl sites for hydroxylation is 2. The van der Waals surface area contributed by atoms with Crippen molar-refractivity contribution in [1.29, 1.82) is 0 Å². The SMILES string of the molecule is Cc1ccc(-c2cccc(C(C)(C)c3cccc(-c4ccc(C)n4-c4c(C(C)C)cccc4C(C)C)n3)n2)n1-c1c(C(C)C)cccc1C(C)C. The molecule has 0 amide bonds. The highest BCUT2D eigenvalue weighted by Gasteiger charge is 2.29. The Morgan fingerprint density at radius 2 is 0.745 bits per heavy atom. The fraction of sp³-hybridized carbons (Fsp3) is 0.362. The molecular weight excluding hydrogens is 621 g/mol. The van der Waals surface area contributed by atoms with Crippen molar-refractivity contribution in [1.82, 2.24) is 19.1 Å². The molecule has 0 atom stereocenters. The van der Waals surface area contributed by atoms with Crippen LogP contribution < -0.4 is 0 Å². The normalized spacial score (nSPS) is 12.2.